The van der Waals surface area contributed by atoms with Crippen molar-refractivity contribution in [3.8, 4) is 23.0 Å². The third-order valence-electron chi connectivity index (χ3n) is 7.73. The lowest BCUT2D eigenvalue weighted by molar-refractivity contribution is 0.0245. The van der Waals surface area contributed by atoms with Gasteiger partial charge in [0.25, 0.3) is 5.89 Å². The number of pyridine rings is 1. The van der Waals surface area contributed by atoms with Crippen LogP contribution in [0.2, 0.25) is 5.02 Å². The number of rotatable bonds is 7. The Kier molecular flexibility index (Phi) is 7.01. The maximum absolute atomic E-state index is 11.7. The van der Waals surface area contributed by atoms with Crippen molar-refractivity contribution >= 4 is 34.1 Å². The van der Waals surface area contributed by atoms with Crippen molar-refractivity contribution in [2.24, 2.45) is 11.8 Å². The zero-order chi connectivity index (χ0) is 28.0. The zero-order valence-corrected chi connectivity index (χ0v) is 24.2. The Morgan fingerprint density at radius 1 is 1.20 bits per heavy atom. The van der Waals surface area contributed by atoms with E-state index in [1.807, 2.05) is 19.2 Å². The summed E-state index contributed by atoms with van der Waals surface area (Å²) in [6.07, 6.45) is 7.86. The first kappa shape index (κ1) is 26.7. The van der Waals surface area contributed by atoms with Gasteiger partial charge < -0.3 is 13.7 Å². The molecule has 1 fully saturated rings. The second kappa shape index (κ2) is 10.5. The summed E-state index contributed by atoms with van der Waals surface area (Å²) in [6.45, 7) is 6.97. The largest absolute Gasteiger partial charge is 0.434 e. The van der Waals surface area contributed by atoms with Crippen LogP contribution in [0.1, 0.15) is 56.1 Å². The van der Waals surface area contributed by atoms with Crippen molar-refractivity contribution in [2.45, 2.75) is 58.6 Å². The van der Waals surface area contributed by atoms with E-state index in [9.17, 15) is 4.79 Å². The summed E-state index contributed by atoms with van der Waals surface area (Å²) in [5, 5.41) is 9.63. The van der Waals surface area contributed by atoms with E-state index in [0.29, 0.717) is 40.2 Å². The Bertz CT molecular complexity index is 1740. The van der Waals surface area contributed by atoms with Crippen LogP contribution in [-0.2, 0) is 16.9 Å². The highest BCUT2D eigenvalue weighted by molar-refractivity contribution is 7.09. The van der Waals surface area contributed by atoms with Gasteiger partial charge in [-0.15, -0.1) is 16.4 Å². The molecule has 1 unspecified atom stereocenters. The Labute approximate surface area is 239 Å². The van der Waals surface area contributed by atoms with Gasteiger partial charge in [-0.2, -0.15) is 0 Å². The predicted molar refractivity (Wildman–Crippen MR) is 151 cm³/mol. The van der Waals surface area contributed by atoms with Crippen molar-refractivity contribution in [3.63, 3.8) is 0 Å². The molecule has 0 spiro atoms. The van der Waals surface area contributed by atoms with Crippen molar-refractivity contribution in [1.29, 1.82) is 0 Å². The van der Waals surface area contributed by atoms with Crippen molar-refractivity contribution in [3.05, 3.63) is 55.9 Å². The number of aryl methyl sites for hydroxylation is 1. The lowest BCUT2D eigenvalue weighted by atomic mass is 9.83. The highest BCUT2D eigenvalue weighted by atomic mass is 35.5. The van der Waals surface area contributed by atoms with E-state index >= 15 is 0 Å². The van der Waals surface area contributed by atoms with Crippen LogP contribution in [0.5, 0.6) is 0 Å². The number of nitrogens with zero attached hydrogens (tertiary/aromatic N) is 7. The second-order valence-corrected chi connectivity index (χ2v) is 12.0. The van der Waals surface area contributed by atoms with Gasteiger partial charge in [-0.3, -0.25) is 4.98 Å². The molecule has 0 bridgehead atoms. The molecule has 1 aliphatic rings. The number of halogens is 1. The van der Waals surface area contributed by atoms with Gasteiger partial charge in [-0.05, 0) is 44.6 Å². The molecule has 0 radical (unpaired) electrons. The fourth-order valence-electron chi connectivity index (χ4n) is 5.40. The van der Waals surface area contributed by atoms with Gasteiger partial charge in [-0.25, -0.2) is 29.8 Å². The number of fused-ring (bicyclic) bond motifs is 1. The quantitative estimate of drug-likeness (QED) is 0.268. The predicted octanol–water partition coefficient (Wildman–Crippen LogP) is 5.39. The average Bonchev–Trinajstić information content (AvgIpc) is 3.68. The lowest BCUT2D eigenvalue weighted by Crippen LogP contribution is -2.32. The van der Waals surface area contributed by atoms with Crippen LogP contribution in [0.15, 0.2) is 33.1 Å². The lowest BCUT2D eigenvalue weighted by Gasteiger charge is -2.30. The van der Waals surface area contributed by atoms with Gasteiger partial charge in [0.1, 0.15) is 17.0 Å². The number of methoxy groups -OCH3 is 1. The molecular weight excluding hydrogens is 552 g/mol. The highest BCUT2D eigenvalue weighted by Gasteiger charge is 2.39. The molecule has 5 aromatic heterocycles. The number of hydrogen-bond donors (Lipinski definition) is 1. The first-order valence-corrected chi connectivity index (χ1v) is 14.4. The molecule has 5 aromatic rings. The van der Waals surface area contributed by atoms with Crippen molar-refractivity contribution in [2.75, 3.05) is 7.11 Å². The Balaban J connectivity index is 1.64. The summed E-state index contributed by atoms with van der Waals surface area (Å²) < 4.78 is 13.6. The van der Waals surface area contributed by atoms with Crippen LogP contribution >= 0.6 is 22.9 Å². The molecule has 0 saturated heterocycles. The number of aromatic amines is 1. The van der Waals surface area contributed by atoms with Crippen LogP contribution in [0, 0.1) is 18.8 Å². The molecule has 1 atom stereocenters. The SMILES string of the molecule is COC(C)(c1csc(C)n1)c1nc2nc(-c3n[nH]c(=O)o3)nc(-c3cncc(Cl)c3)c2n1CC1CCC(C)CC1. The summed E-state index contributed by atoms with van der Waals surface area (Å²) in [4.78, 5) is 35.4. The Morgan fingerprint density at radius 3 is 2.65 bits per heavy atom. The Morgan fingerprint density at radius 2 is 2.00 bits per heavy atom. The van der Waals surface area contributed by atoms with Gasteiger partial charge in [0.05, 0.1) is 15.7 Å². The standard InChI is InChI=1S/C27H29ClN8O3S/c1-14-5-7-16(8-6-14)12-36-21-20(17-9-18(28)11-29-10-17)31-23(24-34-35-26(37)39-24)32-22(21)33-25(36)27(3,38-4)19-13-40-15(2)30-19/h9-11,13-14,16H,5-8,12H2,1-4H3,(H,35,37). The van der Waals surface area contributed by atoms with Crippen LogP contribution in [0.4, 0.5) is 0 Å². The minimum absolute atomic E-state index is 0.0369. The summed E-state index contributed by atoms with van der Waals surface area (Å²) in [6, 6.07) is 1.79. The summed E-state index contributed by atoms with van der Waals surface area (Å²) in [7, 11) is 1.66. The second-order valence-electron chi connectivity index (χ2n) is 10.5. The normalized spacial score (nSPS) is 19.2. The molecule has 0 aromatic carbocycles. The molecule has 1 N–H and O–H groups in total. The molecule has 40 heavy (non-hydrogen) atoms. The molecule has 1 aliphatic carbocycles. The molecule has 5 heterocycles. The number of nitrogens with one attached hydrogen (secondary N) is 1. The third-order valence-corrected chi connectivity index (χ3v) is 8.71. The molecule has 13 heteroatoms. The molecule has 11 nitrogen and oxygen atoms in total. The molecule has 208 valence electrons. The fraction of sp³-hybridized carbons (Fsp3) is 0.444. The fourth-order valence-corrected chi connectivity index (χ4v) is 6.29. The topological polar surface area (TPSA) is 138 Å². The maximum atomic E-state index is 11.7. The van der Waals surface area contributed by atoms with E-state index in [2.05, 4.69) is 26.7 Å². The van der Waals surface area contributed by atoms with E-state index in [0.717, 1.165) is 35.0 Å². The molecule has 6 rings (SSSR count). The molecule has 0 aliphatic heterocycles. The monoisotopic (exact) mass is 580 g/mol. The summed E-state index contributed by atoms with van der Waals surface area (Å²) in [5.41, 5.74) is 2.17. The smallest absolute Gasteiger partial charge is 0.384 e. The first-order chi connectivity index (χ1) is 19.2. The number of imidazole rings is 1. The number of ether oxygens (including phenoxy) is 1. The maximum Gasteiger partial charge on any atom is 0.434 e. The Hall–Kier alpha value is -3.48. The van der Waals surface area contributed by atoms with Gasteiger partial charge in [0.2, 0.25) is 5.82 Å². The minimum atomic E-state index is -0.962. The number of thiazole rings is 1. The van der Waals surface area contributed by atoms with E-state index in [4.69, 9.17) is 40.7 Å². The van der Waals surface area contributed by atoms with Crippen LogP contribution < -0.4 is 5.76 Å². The average molecular weight is 581 g/mol. The number of aromatic nitrogens is 8. The minimum Gasteiger partial charge on any atom is -0.384 e. The van der Waals surface area contributed by atoms with E-state index in [1.165, 1.54) is 12.8 Å². The molecule has 0 amide bonds. The van der Waals surface area contributed by atoms with E-state index < -0.39 is 11.4 Å². The van der Waals surface area contributed by atoms with Crippen LogP contribution in [0.25, 0.3) is 34.1 Å². The van der Waals surface area contributed by atoms with Crippen molar-refractivity contribution < 1.29 is 9.15 Å². The van der Waals surface area contributed by atoms with E-state index in [1.54, 1.807) is 36.9 Å². The molecule has 1 saturated carbocycles. The number of hydrogen-bond acceptors (Lipinski definition) is 10. The third kappa shape index (κ3) is 4.84. The molecular formula is C27H29ClN8O3S. The van der Waals surface area contributed by atoms with Gasteiger partial charge in [-0.1, -0.05) is 31.4 Å². The van der Waals surface area contributed by atoms with Gasteiger partial charge >= 0.3 is 5.76 Å². The summed E-state index contributed by atoms with van der Waals surface area (Å²) >= 11 is 7.93. The zero-order valence-electron chi connectivity index (χ0n) is 22.6. The first-order valence-electron chi connectivity index (χ1n) is 13.2. The highest BCUT2D eigenvalue weighted by Crippen LogP contribution is 2.39. The van der Waals surface area contributed by atoms with Crippen LogP contribution in [-0.4, -0.2) is 46.8 Å². The van der Waals surface area contributed by atoms with Gasteiger partial charge in [0.15, 0.2) is 11.2 Å². The van der Waals surface area contributed by atoms with E-state index in [-0.39, 0.29) is 11.7 Å². The van der Waals surface area contributed by atoms with Crippen molar-refractivity contribution in [1.82, 2.24) is 39.7 Å². The van der Waals surface area contributed by atoms with Crippen LogP contribution in [0.3, 0.4) is 0 Å². The summed E-state index contributed by atoms with van der Waals surface area (Å²) in [5.74, 6) is 1.21. The van der Waals surface area contributed by atoms with Gasteiger partial charge in [0, 0.05) is 37.0 Å². The number of H-pyrrole nitrogens is 1.